The van der Waals surface area contributed by atoms with E-state index in [4.69, 9.17) is 9.47 Å². The molecule has 3 aromatic carbocycles. The molecule has 0 aromatic heterocycles. The van der Waals surface area contributed by atoms with Crippen molar-refractivity contribution in [3.05, 3.63) is 95.1 Å². The molecule has 0 saturated heterocycles. The van der Waals surface area contributed by atoms with Crippen molar-refractivity contribution in [3.63, 3.8) is 0 Å². The molecule has 0 heterocycles. The lowest BCUT2D eigenvalue weighted by Gasteiger charge is -2.22. The molecule has 0 aliphatic carbocycles. The first kappa shape index (κ1) is 25.5. The number of carbonyl (C=O) groups is 2. The molecule has 2 amide bonds. The Morgan fingerprint density at radius 1 is 1.00 bits per heavy atom. The number of phenolic OH excluding ortho intramolecular Hbond substituents is 1. The molecule has 2 N–H and O–H groups in total. The lowest BCUT2D eigenvalue weighted by atomic mass is 10.2. The third kappa shape index (κ3) is 7.18. The monoisotopic (exact) mass is 689 g/mol. The number of hydrogen-bond acceptors (Lipinski definition) is 7. The van der Waals surface area contributed by atoms with E-state index < -0.39 is 17.1 Å². The number of amides is 2. The van der Waals surface area contributed by atoms with Crippen LogP contribution < -0.4 is 10.2 Å². The highest BCUT2D eigenvalue weighted by atomic mass is 127. The predicted molar refractivity (Wildman–Crippen MR) is 138 cm³/mol. The molecule has 0 aliphatic heterocycles. The summed E-state index contributed by atoms with van der Waals surface area (Å²) in [5, 5.41) is 21.7. The fraction of sp³-hybridized carbons (Fsp3) is 0.0909. The molecule has 0 bridgehead atoms. The summed E-state index contributed by atoms with van der Waals surface area (Å²) < 4.78 is 11.6. The Kier molecular flexibility index (Phi) is 8.86. The summed E-state index contributed by atoms with van der Waals surface area (Å²) in [6.07, 6.45) is -1.82. The van der Waals surface area contributed by atoms with E-state index >= 15 is 0 Å². The molecule has 3 aromatic rings. The van der Waals surface area contributed by atoms with Crippen LogP contribution in [0.25, 0.3) is 0 Å². The molecule has 34 heavy (non-hydrogen) atoms. The normalized spacial score (nSPS) is 10.3. The summed E-state index contributed by atoms with van der Waals surface area (Å²) in [5.41, 5.74) is 3.57. The van der Waals surface area contributed by atoms with Crippen molar-refractivity contribution < 1.29 is 29.1 Å². The summed E-state index contributed by atoms with van der Waals surface area (Å²) in [4.78, 5) is 35.5. The number of halogens is 2. The Morgan fingerprint density at radius 3 is 2.21 bits per heavy atom. The minimum absolute atomic E-state index is 0.00702. The smallest absolute Gasteiger partial charge is 0.434 e. The molecule has 0 unspecified atom stereocenters. The molecule has 0 aliphatic rings. The van der Waals surface area contributed by atoms with Crippen molar-refractivity contribution in [2.75, 3.05) is 0 Å². The van der Waals surface area contributed by atoms with Crippen molar-refractivity contribution >= 4 is 63.1 Å². The van der Waals surface area contributed by atoms with E-state index in [9.17, 15) is 24.8 Å². The Bertz CT molecular complexity index is 1170. The second-order valence-corrected chi connectivity index (χ2v) is 9.11. The highest BCUT2D eigenvalue weighted by molar-refractivity contribution is 14.1. The zero-order valence-electron chi connectivity index (χ0n) is 17.3. The molecular formula is C22H17I2N3O7. The van der Waals surface area contributed by atoms with Crippen LogP contribution in [0.4, 0.5) is 15.3 Å². The Balaban J connectivity index is 1.75. The van der Waals surface area contributed by atoms with Gasteiger partial charge in [0.25, 0.3) is 5.69 Å². The van der Waals surface area contributed by atoms with Gasteiger partial charge in [-0.25, -0.2) is 20.0 Å². The van der Waals surface area contributed by atoms with Crippen molar-refractivity contribution in [1.29, 1.82) is 0 Å². The van der Waals surface area contributed by atoms with Gasteiger partial charge in [-0.05, 0) is 80.6 Å². The van der Waals surface area contributed by atoms with Crippen LogP contribution >= 0.6 is 45.2 Å². The molecule has 10 nitrogen and oxygen atoms in total. The van der Waals surface area contributed by atoms with Gasteiger partial charge in [0, 0.05) is 12.1 Å². The number of non-ortho nitro benzene ring substituents is 1. The predicted octanol–water partition coefficient (Wildman–Crippen LogP) is 5.35. The lowest BCUT2D eigenvalue weighted by molar-refractivity contribution is -0.384. The number of nitro groups is 1. The van der Waals surface area contributed by atoms with Gasteiger partial charge in [0.05, 0.1) is 18.6 Å². The summed E-state index contributed by atoms with van der Waals surface area (Å²) in [5.74, 6) is 0.162. The molecule has 0 atom stereocenters. The number of nitrogens with zero attached hydrogens (tertiary/aromatic N) is 2. The van der Waals surface area contributed by atoms with Crippen molar-refractivity contribution in [2.45, 2.75) is 13.2 Å². The van der Waals surface area contributed by atoms with Crippen LogP contribution in [0.3, 0.4) is 0 Å². The van der Waals surface area contributed by atoms with Gasteiger partial charge >= 0.3 is 12.2 Å². The quantitative estimate of drug-likeness (QED) is 0.203. The zero-order chi connectivity index (χ0) is 24.7. The SMILES string of the molecule is O=C(NN(Cc1cc(I)c(O)c(I)c1)C(=O)Oc1ccc([N+](=O)[O-])cc1)OCc1ccccc1. The van der Waals surface area contributed by atoms with E-state index in [0.717, 1.165) is 10.6 Å². The summed E-state index contributed by atoms with van der Waals surface area (Å²) in [6, 6.07) is 17.3. The minimum atomic E-state index is -0.941. The Labute approximate surface area is 221 Å². The molecular weight excluding hydrogens is 672 g/mol. The van der Waals surface area contributed by atoms with Crippen LogP contribution in [0, 0.1) is 17.3 Å². The third-order valence-corrected chi connectivity index (χ3v) is 5.97. The highest BCUT2D eigenvalue weighted by Gasteiger charge is 2.21. The fourth-order valence-corrected chi connectivity index (χ4v) is 4.60. The maximum absolute atomic E-state index is 12.8. The number of benzene rings is 3. The van der Waals surface area contributed by atoms with E-state index in [2.05, 4.69) is 5.43 Å². The summed E-state index contributed by atoms with van der Waals surface area (Å²) in [7, 11) is 0. The minimum Gasteiger partial charge on any atom is -0.506 e. The van der Waals surface area contributed by atoms with Crippen LogP contribution in [0.1, 0.15) is 11.1 Å². The number of ether oxygens (including phenoxy) is 2. The number of hydrogen-bond donors (Lipinski definition) is 2. The van der Waals surface area contributed by atoms with Gasteiger partial charge < -0.3 is 14.6 Å². The van der Waals surface area contributed by atoms with E-state index in [1.165, 1.54) is 24.3 Å². The van der Waals surface area contributed by atoms with E-state index in [1.54, 1.807) is 36.4 Å². The summed E-state index contributed by atoms with van der Waals surface area (Å²) >= 11 is 3.91. The maximum Gasteiger partial charge on any atom is 0.434 e. The van der Waals surface area contributed by atoms with Gasteiger partial charge in [-0.2, -0.15) is 0 Å². The molecule has 3 rings (SSSR count). The average Bonchev–Trinajstić information content (AvgIpc) is 2.81. The van der Waals surface area contributed by atoms with Crippen LogP contribution in [0.2, 0.25) is 0 Å². The topological polar surface area (TPSA) is 131 Å². The standard InChI is InChI=1S/C22H17I2N3O7/c23-18-10-15(11-19(24)20(18)28)12-26(25-21(29)33-13-14-4-2-1-3-5-14)22(30)34-17-8-6-16(7-9-17)27(31)32/h1-11,28H,12-13H2,(H,25,29). The number of carbonyl (C=O) groups excluding carboxylic acids is 2. The van der Waals surface area contributed by atoms with Gasteiger partial charge in [0.1, 0.15) is 18.1 Å². The van der Waals surface area contributed by atoms with Gasteiger partial charge in [-0.3, -0.25) is 10.1 Å². The Hall–Kier alpha value is -3.14. The second kappa shape index (κ2) is 11.8. The molecule has 0 fully saturated rings. The number of nitro benzene ring substituents is 1. The van der Waals surface area contributed by atoms with Crippen molar-refractivity contribution in [2.24, 2.45) is 0 Å². The van der Waals surface area contributed by atoms with E-state index in [-0.39, 0.29) is 30.3 Å². The maximum atomic E-state index is 12.8. The van der Waals surface area contributed by atoms with E-state index in [1.807, 2.05) is 51.2 Å². The highest BCUT2D eigenvalue weighted by Crippen LogP contribution is 2.28. The largest absolute Gasteiger partial charge is 0.506 e. The average molecular weight is 689 g/mol. The first-order valence-electron chi connectivity index (χ1n) is 9.61. The lowest BCUT2D eigenvalue weighted by Crippen LogP contribution is -2.47. The van der Waals surface area contributed by atoms with Crippen LogP contribution in [0.5, 0.6) is 11.5 Å². The van der Waals surface area contributed by atoms with Gasteiger partial charge in [0.2, 0.25) is 0 Å². The van der Waals surface area contributed by atoms with E-state index in [0.29, 0.717) is 12.7 Å². The van der Waals surface area contributed by atoms with Crippen LogP contribution in [-0.2, 0) is 17.9 Å². The Morgan fingerprint density at radius 2 is 1.62 bits per heavy atom. The van der Waals surface area contributed by atoms with Crippen molar-refractivity contribution in [3.8, 4) is 11.5 Å². The van der Waals surface area contributed by atoms with Crippen LogP contribution in [-0.4, -0.2) is 27.2 Å². The van der Waals surface area contributed by atoms with Gasteiger partial charge in [-0.15, -0.1) is 0 Å². The fourth-order valence-electron chi connectivity index (χ4n) is 2.70. The first-order chi connectivity index (χ1) is 16.2. The number of nitrogens with one attached hydrogen (secondary N) is 1. The van der Waals surface area contributed by atoms with Crippen LogP contribution in [0.15, 0.2) is 66.7 Å². The number of hydrazine groups is 1. The molecule has 176 valence electrons. The molecule has 0 radical (unpaired) electrons. The molecule has 0 spiro atoms. The summed E-state index contributed by atoms with van der Waals surface area (Å²) in [6.45, 7) is -0.106. The zero-order valence-corrected chi connectivity index (χ0v) is 21.6. The molecule has 12 heteroatoms. The third-order valence-electron chi connectivity index (χ3n) is 4.33. The molecule has 0 saturated carbocycles. The number of phenols is 1. The van der Waals surface area contributed by atoms with Crippen molar-refractivity contribution in [1.82, 2.24) is 10.4 Å². The van der Waals surface area contributed by atoms with Gasteiger partial charge in [0.15, 0.2) is 0 Å². The first-order valence-corrected chi connectivity index (χ1v) is 11.8. The second-order valence-electron chi connectivity index (χ2n) is 6.79. The number of rotatable bonds is 6. The number of aromatic hydroxyl groups is 1. The van der Waals surface area contributed by atoms with Gasteiger partial charge in [-0.1, -0.05) is 30.3 Å².